The Hall–Kier alpha value is -1.84. The van der Waals surface area contributed by atoms with Gasteiger partial charge in [0.2, 0.25) is 21.8 Å². The molecule has 0 aliphatic heterocycles. The van der Waals surface area contributed by atoms with Gasteiger partial charge in [0.15, 0.2) is 0 Å². The topological polar surface area (TPSA) is 86.8 Å². The van der Waals surface area contributed by atoms with E-state index in [0.29, 0.717) is 27.2 Å². The van der Waals surface area contributed by atoms with Crippen LogP contribution in [0.1, 0.15) is 26.3 Å². The van der Waals surface area contributed by atoms with Crippen molar-refractivity contribution in [2.24, 2.45) is 5.92 Å². The number of halogens is 3. The number of rotatable bonds is 10. The summed E-state index contributed by atoms with van der Waals surface area (Å²) in [5.74, 6) is -0.658. The molecule has 0 fully saturated rings. The molecule has 0 bridgehead atoms. The Labute approximate surface area is 216 Å². The van der Waals surface area contributed by atoms with E-state index in [1.807, 2.05) is 13.8 Å². The van der Waals surface area contributed by atoms with Gasteiger partial charge in [-0.05, 0) is 54.8 Å². The van der Waals surface area contributed by atoms with Crippen LogP contribution in [0.4, 0.5) is 0 Å². The number of hydrogen-bond acceptors (Lipinski definition) is 4. The molecule has 1 N–H and O–H groups in total. The van der Waals surface area contributed by atoms with Gasteiger partial charge < -0.3 is 10.2 Å². The van der Waals surface area contributed by atoms with Gasteiger partial charge in [-0.25, -0.2) is 8.42 Å². The lowest BCUT2D eigenvalue weighted by atomic mass is 10.1. The maximum atomic E-state index is 13.3. The van der Waals surface area contributed by atoms with Crippen molar-refractivity contribution in [2.45, 2.75) is 38.3 Å². The first-order valence-electron chi connectivity index (χ1n) is 10.6. The van der Waals surface area contributed by atoms with Crippen LogP contribution < -0.4 is 5.32 Å². The minimum atomic E-state index is -3.95. The maximum Gasteiger partial charge on any atom is 0.243 e. The molecule has 2 aromatic carbocycles. The van der Waals surface area contributed by atoms with Crippen LogP contribution in [0.25, 0.3) is 0 Å². The second-order valence-corrected chi connectivity index (χ2v) is 11.6. The number of carbonyl (C=O) groups excluding carboxylic acids is 2. The summed E-state index contributed by atoms with van der Waals surface area (Å²) in [6.45, 7) is 5.54. The van der Waals surface area contributed by atoms with Crippen molar-refractivity contribution in [3.05, 3.63) is 63.1 Å². The van der Waals surface area contributed by atoms with E-state index in [4.69, 9.17) is 34.8 Å². The molecular weight excluding hydrogens is 521 g/mol. The predicted molar refractivity (Wildman–Crippen MR) is 136 cm³/mol. The number of carbonyl (C=O) groups is 2. The summed E-state index contributed by atoms with van der Waals surface area (Å²) in [7, 11) is -2.64. The third kappa shape index (κ3) is 7.58. The van der Waals surface area contributed by atoms with Crippen LogP contribution in [0.15, 0.2) is 47.4 Å². The monoisotopic (exact) mass is 547 g/mol. The minimum absolute atomic E-state index is 0.00552. The Morgan fingerprint density at radius 3 is 2.15 bits per heavy atom. The molecule has 0 aromatic heterocycles. The lowest BCUT2D eigenvalue weighted by Crippen LogP contribution is -2.51. The molecule has 0 saturated heterocycles. The highest BCUT2D eigenvalue weighted by molar-refractivity contribution is 7.89. The molecule has 2 aromatic rings. The van der Waals surface area contributed by atoms with Crippen LogP contribution >= 0.6 is 34.8 Å². The highest BCUT2D eigenvalue weighted by Gasteiger charge is 2.30. The van der Waals surface area contributed by atoms with Crippen molar-refractivity contribution in [3.8, 4) is 0 Å². The van der Waals surface area contributed by atoms with E-state index in [1.165, 1.54) is 36.2 Å². The molecule has 0 heterocycles. The number of nitrogens with zero attached hydrogens (tertiary/aromatic N) is 2. The molecule has 7 nitrogen and oxygen atoms in total. The minimum Gasteiger partial charge on any atom is -0.354 e. The molecule has 0 unspecified atom stereocenters. The van der Waals surface area contributed by atoms with E-state index in [1.54, 1.807) is 25.1 Å². The SMILES string of the molecule is CC(C)CNC(=O)[C@H](C)N(Cc1ccc(Cl)c(Cl)c1)C(=O)CN(C)S(=O)(=O)c1ccc(Cl)cc1. The van der Waals surface area contributed by atoms with E-state index in [0.717, 1.165) is 4.31 Å². The van der Waals surface area contributed by atoms with Gasteiger partial charge in [0, 0.05) is 25.2 Å². The molecule has 34 heavy (non-hydrogen) atoms. The maximum absolute atomic E-state index is 13.3. The standard InChI is InChI=1S/C23H28Cl3N3O4S/c1-15(2)12-27-23(31)16(3)29(13-17-5-10-20(25)21(26)11-17)22(30)14-28(4)34(32,33)19-8-6-18(24)7-9-19/h5-11,15-16H,12-14H2,1-4H3,(H,27,31)/t16-/m0/s1. The molecule has 186 valence electrons. The average molecular weight is 549 g/mol. The van der Waals surface area contributed by atoms with Gasteiger partial charge in [-0.2, -0.15) is 4.31 Å². The summed E-state index contributed by atoms with van der Waals surface area (Å²) in [6.07, 6.45) is 0. The van der Waals surface area contributed by atoms with Gasteiger partial charge in [0.05, 0.1) is 21.5 Å². The number of likely N-dealkylation sites (N-methyl/N-ethyl adjacent to an activating group) is 1. The molecule has 2 amide bonds. The number of sulfonamides is 1. The van der Waals surface area contributed by atoms with E-state index in [2.05, 4.69) is 5.32 Å². The van der Waals surface area contributed by atoms with Crippen LogP contribution in [-0.2, 0) is 26.2 Å². The first kappa shape index (κ1) is 28.4. The van der Waals surface area contributed by atoms with Gasteiger partial charge in [-0.3, -0.25) is 9.59 Å². The fourth-order valence-corrected chi connectivity index (χ4v) is 4.59. The summed E-state index contributed by atoms with van der Waals surface area (Å²) in [5, 5.41) is 3.88. The van der Waals surface area contributed by atoms with E-state index in [-0.39, 0.29) is 23.3 Å². The fourth-order valence-electron chi connectivity index (χ4n) is 3.02. The van der Waals surface area contributed by atoms with Crippen molar-refractivity contribution in [1.82, 2.24) is 14.5 Å². The van der Waals surface area contributed by atoms with Crippen molar-refractivity contribution < 1.29 is 18.0 Å². The van der Waals surface area contributed by atoms with Crippen molar-refractivity contribution >= 4 is 56.6 Å². The predicted octanol–water partition coefficient (Wildman–Crippen LogP) is 4.46. The van der Waals surface area contributed by atoms with Gasteiger partial charge >= 0.3 is 0 Å². The Morgan fingerprint density at radius 2 is 1.59 bits per heavy atom. The number of benzene rings is 2. The third-order valence-corrected chi connectivity index (χ3v) is 7.88. The van der Waals surface area contributed by atoms with Gasteiger partial charge in [0.25, 0.3) is 0 Å². The smallest absolute Gasteiger partial charge is 0.243 e. The summed E-state index contributed by atoms with van der Waals surface area (Å²) in [6, 6.07) is 9.71. The first-order valence-corrected chi connectivity index (χ1v) is 13.1. The zero-order valence-corrected chi connectivity index (χ0v) is 22.5. The molecule has 0 aliphatic rings. The van der Waals surface area contributed by atoms with Gasteiger partial charge in [0.1, 0.15) is 6.04 Å². The van der Waals surface area contributed by atoms with Crippen LogP contribution in [-0.4, -0.2) is 55.6 Å². The molecular formula is C23H28Cl3N3O4S. The average Bonchev–Trinajstić information content (AvgIpc) is 2.77. The summed E-state index contributed by atoms with van der Waals surface area (Å²) < 4.78 is 26.8. The highest BCUT2D eigenvalue weighted by Crippen LogP contribution is 2.24. The van der Waals surface area contributed by atoms with Crippen LogP contribution in [0.5, 0.6) is 0 Å². The van der Waals surface area contributed by atoms with Crippen LogP contribution in [0.2, 0.25) is 15.1 Å². The Morgan fingerprint density at radius 1 is 0.971 bits per heavy atom. The molecule has 0 aliphatic carbocycles. The number of amides is 2. The summed E-state index contributed by atoms with van der Waals surface area (Å²) in [5.41, 5.74) is 0.648. The second-order valence-electron chi connectivity index (χ2n) is 8.30. The zero-order chi connectivity index (χ0) is 25.6. The fraction of sp³-hybridized carbons (Fsp3) is 0.391. The zero-order valence-electron chi connectivity index (χ0n) is 19.4. The Kier molecular flexibility index (Phi) is 10.2. The van der Waals surface area contributed by atoms with E-state index >= 15 is 0 Å². The first-order chi connectivity index (χ1) is 15.8. The molecule has 0 radical (unpaired) electrons. The van der Waals surface area contributed by atoms with Gasteiger partial charge in [-0.1, -0.05) is 54.7 Å². The van der Waals surface area contributed by atoms with E-state index in [9.17, 15) is 18.0 Å². The van der Waals surface area contributed by atoms with Gasteiger partial charge in [-0.15, -0.1) is 0 Å². The Balaban J connectivity index is 2.28. The van der Waals surface area contributed by atoms with Crippen LogP contribution in [0.3, 0.4) is 0 Å². The Bertz CT molecular complexity index is 1120. The number of hydrogen-bond donors (Lipinski definition) is 1. The normalized spacial score (nSPS) is 12.6. The number of nitrogens with one attached hydrogen (secondary N) is 1. The molecule has 2 rings (SSSR count). The summed E-state index contributed by atoms with van der Waals surface area (Å²) >= 11 is 18.0. The lowest BCUT2D eigenvalue weighted by molar-refractivity contribution is -0.140. The van der Waals surface area contributed by atoms with Crippen molar-refractivity contribution in [1.29, 1.82) is 0 Å². The largest absolute Gasteiger partial charge is 0.354 e. The van der Waals surface area contributed by atoms with E-state index < -0.39 is 28.5 Å². The molecule has 0 spiro atoms. The quantitative estimate of drug-likeness (QED) is 0.475. The molecule has 11 heteroatoms. The third-order valence-electron chi connectivity index (χ3n) is 5.07. The van der Waals surface area contributed by atoms with Crippen LogP contribution in [0, 0.1) is 5.92 Å². The molecule has 0 saturated carbocycles. The molecule has 1 atom stereocenters. The van der Waals surface area contributed by atoms with Crippen molar-refractivity contribution in [2.75, 3.05) is 20.1 Å². The lowest BCUT2D eigenvalue weighted by Gasteiger charge is -2.30. The highest BCUT2D eigenvalue weighted by atomic mass is 35.5. The second kappa shape index (κ2) is 12.2. The van der Waals surface area contributed by atoms with Crippen molar-refractivity contribution in [3.63, 3.8) is 0 Å². The summed E-state index contributed by atoms with van der Waals surface area (Å²) in [4.78, 5) is 27.4.